The molecule has 0 bridgehead atoms. The Morgan fingerprint density at radius 3 is 2.59 bits per heavy atom. The molecule has 0 amide bonds. The molecule has 0 fully saturated rings. The quantitative estimate of drug-likeness (QED) is 0.734. The predicted octanol–water partition coefficient (Wildman–Crippen LogP) is 4.77. The number of benzene rings is 1. The number of nitrogens with two attached hydrogens (primary N) is 1. The van der Waals surface area contributed by atoms with E-state index < -0.39 is 0 Å². The Labute approximate surface area is 136 Å². The number of hydrogen-bond acceptors (Lipinski definition) is 4. The highest BCUT2D eigenvalue weighted by Gasteiger charge is 2.16. The van der Waals surface area contributed by atoms with Gasteiger partial charge >= 0.3 is 0 Å². The second-order valence-electron chi connectivity index (χ2n) is 4.53. The zero-order valence-electron chi connectivity index (χ0n) is 11.2. The fourth-order valence-corrected chi connectivity index (χ4v) is 2.65. The highest BCUT2D eigenvalue weighted by atomic mass is 35.5. The first-order valence-corrected chi connectivity index (χ1v) is 7.05. The number of nitrogen functional groups attached to an aromatic ring is 1. The number of halogens is 2. The van der Waals surface area contributed by atoms with Crippen LogP contribution < -0.4 is 5.73 Å². The van der Waals surface area contributed by atoms with Gasteiger partial charge in [0, 0.05) is 16.1 Å². The van der Waals surface area contributed by atoms with Crippen molar-refractivity contribution in [2.45, 2.75) is 0 Å². The summed E-state index contributed by atoms with van der Waals surface area (Å²) < 4.78 is 5.37. The van der Waals surface area contributed by atoms with Crippen LogP contribution in [0.25, 0.3) is 22.6 Å². The molecule has 2 aromatic heterocycles. The summed E-state index contributed by atoms with van der Waals surface area (Å²) in [7, 11) is 0. The summed E-state index contributed by atoms with van der Waals surface area (Å²) in [5.74, 6) is 0.661. The number of nitriles is 1. The molecule has 0 saturated carbocycles. The highest BCUT2D eigenvalue weighted by Crippen LogP contribution is 2.34. The van der Waals surface area contributed by atoms with Crippen molar-refractivity contribution in [2.24, 2.45) is 0 Å². The maximum Gasteiger partial charge on any atom is 0.142 e. The summed E-state index contributed by atoms with van der Waals surface area (Å²) in [6, 6.07) is 12.4. The molecule has 22 heavy (non-hydrogen) atoms. The molecule has 0 spiro atoms. The fraction of sp³-hybridized carbons (Fsp3) is 0. The first-order valence-electron chi connectivity index (χ1n) is 6.30. The molecular weight excluding hydrogens is 321 g/mol. The van der Waals surface area contributed by atoms with Crippen molar-refractivity contribution in [3.8, 4) is 28.7 Å². The van der Waals surface area contributed by atoms with Gasteiger partial charge in [-0.2, -0.15) is 5.26 Å². The van der Waals surface area contributed by atoms with Crippen LogP contribution in [0.5, 0.6) is 0 Å². The molecule has 0 unspecified atom stereocenters. The maximum absolute atomic E-state index is 9.30. The topological polar surface area (TPSA) is 75.8 Å². The van der Waals surface area contributed by atoms with E-state index in [1.54, 1.807) is 36.4 Å². The van der Waals surface area contributed by atoms with Gasteiger partial charge in [-0.15, -0.1) is 0 Å². The number of anilines is 1. The molecule has 0 atom stereocenters. The fourth-order valence-electron chi connectivity index (χ4n) is 2.14. The molecule has 0 radical (unpaired) electrons. The smallest absolute Gasteiger partial charge is 0.142 e. The van der Waals surface area contributed by atoms with Crippen molar-refractivity contribution in [3.05, 3.63) is 58.3 Å². The van der Waals surface area contributed by atoms with E-state index in [9.17, 15) is 5.26 Å². The van der Waals surface area contributed by atoms with Gasteiger partial charge in [-0.25, -0.2) is 4.98 Å². The second-order valence-corrected chi connectivity index (χ2v) is 5.37. The predicted molar refractivity (Wildman–Crippen MR) is 86.5 cm³/mol. The van der Waals surface area contributed by atoms with Crippen LogP contribution in [0.2, 0.25) is 10.0 Å². The maximum atomic E-state index is 9.30. The van der Waals surface area contributed by atoms with Gasteiger partial charge in [0.15, 0.2) is 0 Å². The van der Waals surface area contributed by atoms with Crippen LogP contribution in [0.1, 0.15) is 5.56 Å². The lowest BCUT2D eigenvalue weighted by Gasteiger charge is -2.09. The van der Waals surface area contributed by atoms with Gasteiger partial charge in [-0.05, 0) is 36.4 Å². The van der Waals surface area contributed by atoms with Gasteiger partial charge in [0.25, 0.3) is 0 Å². The van der Waals surface area contributed by atoms with E-state index >= 15 is 0 Å². The lowest BCUT2D eigenvalue weighted by Crippen LogP contribution is -1.99. The molecule has 1 aromatic carbocycles. The van der Waals surface area contributed by atoms with Crippen molar-refractivity contribution >= 4 is 29.0 Å². The van der Waals surface area contributed by atoms with Crippen LogP contribution >= 0.6 is 23.2 Å². The number of rotatable bonds is 2. The SMILES string of the molecule is N#Cc1c(-c2ccco2)cc(-c2ccc(Cl)cc2Cl)nc1N. The minimum atomic E-state index is 0.123. The van der Waals surface area contributed by atoms with Crippen LogP contribution in [0.3, 0.4) is 0 Å². The molecule has 3 rings (SSSR count). The van der Waals surface area contributed by atoms with Crippen molar-refractivity contribution in [2.75, 3.05) is 5.73 Å². The van der Waals surface area contributed by atoms with Gasteiger partial charge < -0.3 is 10.2 Å². The van der Waals surface area contributed by atoms with Gasteiger partial charge in [0.1, 0.15) is 23.2 Å². The Hall–Kier alpha value is -2.48. The summed E-state index contributed by atoms with van der Waals surface area (Å²) in [5, 5.41) is 10.3. The minimum Gasteiger partial charge on any atom is -0.464 e. The second kappa shape index (κ2) is 5.72. The highest BCUT2D eigenvalue weighted by molar-refractivity contribution is 6.36. The van der Waals surface area contributed by atoms with Crippen molar-refractivity contribution in [3.63, 3.8) is 0 Å². The monoisotopic (exact) mass is 329 g/mol. The van der Waals surface area contributed by atoms with E-state index in [-0.39, 0.29) is 11.4 Å². The summed E-state index contributed by atoms with van der Waals surface area (Å²) in [4.78, 5) is 4.26. The van der Waals surface area contributed by atoms with Crippen molar-refractivity contribution < 1.29 is 4.42 Å². The molecule has 0 aliphatic carbocycles. The number of nitrogens with zero attached hydrogens (tertiary/aromatic N) is 2. The normalized spacial score (nSPS) is 10.4. The van der Waals surface area contributed by atoms with E-state index in [1.165, 1.54) is 6.26 Å². The first-order chi connectivity index (χ1) is 10.6. The molecule has 2 N–H and O–H groups in total. The number of furan rings is 1. The molecular formula is C16H9Cl2N3O. The van der Waals surface area contributed by atoms with Gasteiger partial charge in [0.2, 0.25) is 0 Å². The molecule has 0 saturated heterocycles. The van der Waals surface area contributed by atoms with Crippen molar-refractivity contribution in [1.82, 2.24) is 4.98 Å². The van der Waals surface area contributed by atoms with E-state index in [1.807, 2.05) is 0 Å². The Kier molecular flexibility index (Phi) is 3.76. The lowest BCUT2D eigenvalue weighted by molar-refractivity contribution is 0.582. The van der Waals surface area contributed by atoms with Gasteiger partial charge in [-0.3, -0.25) is 0 Å². The largest absolute Gasteiger partial charge is 0.464 e. The number of pyridine rings is 1. The lowest BCUT2D eigenvalue weighted by atomic mass is 10.0. The summed E-state index contributed by atoms with van der Waals surface area (Å²) in [6.07, 6.45) is 1.53. The van der Waals surface area contributed by atoms with Gasteiger partial charge in [0.05, 0.1) is 17.0 Å². The molecule has 3 aromatic rings. The molecule has 6 heteroatoms. The Morgan fingerprint density at radius 1 is 1.14 bits per heavy atom. The Morgan fingerprint density at radius 2 is 1.95 bits per heavy atom. The third-order valence-electron chi connectivity index (χ3n) is 3.15. The average molecular weight is 330 g/mol. The van der Waals surface area contributed by atoms with E-state index in [2.05, 4.69) is 11.1 Å². The van der Waals surface area contributed by atoms with Crippen LogP contribution in [0.4, 0.5) is 5.82 Å². The molecule has 0 aliphatic heterocycles. The summed E-state index contributed by atoms with van der Waals surface area (Å²) in [5.41, 5.74) is 7.97. The van der Waals surface area contributed by atoms with Crippen LogP contribution in [0.15, 0.2) is 47.1 Å². The number of aromatic nitrogens is 1. The summed E-state index contributed by atoms with van der Waals surface area (Å²) >= 11 is 12.1. The van der Waals surface area contributed by atoms with Crippen LogP contribution in [0, 0.1) is 11.3 Å². The van der Waals surface area contributed by atoms with Gasteiger partial charge in [-0.1, -0.05) is 23.2 Å². The molecule has 4 nitrogen and oxygen atoms in total. The number of hydrogen-bond donors (Lipinski definition) is 1. The Bertz CT molecular complexity index is 883. The van der Waals surface area contributed by atoms with Crippen LogP contribution in [-0.4, -0.2) is 4.98 Å². The third kappa shape index (κ3) is 2.52. The van der Waals surface area contributed by atoms with E-state index in [0.717, 1.165) is 0 Å². The van der Waals surface area contributed by atoms with E-state index in [0.29, 0.717) is 32.6 Å². The standard InChI is InChI=1S/C16H9Cl2N3O/c17-9-3-4-10(13(18)6-9)14-7-11(15-2-1-5-22-15)12(8-19)16(20)21-14/h1-7H,(H2,20,21). The zero-order valence-corrected chi connectivity index (χ0v) is 12.7. The first kappa shape index (κ1) is 14.5. The third-order valence-corrected chi connectivity index (χ3v) is 3.70. The molecule has 108 valence electrons. The minimum absolute atomic E-state index is 0.123. The van der Waals surface area contributed by atoms with E-state index in [4.69, 9.17) is 33.4 Å². The Balaban J connectivity index is 2.25. The average Bonchev–Trinajstić information content (AvgIpc) is 3.00. The van der Waals surface area contributed by atoms with Crippen molar-refractivity contribution in [1.29, 1.82) is 5.26 Å². The summed E-state index contributed by atoms with van der Waals surface area (Å²) in [6.45, 7) is 0. The molecule has 2 heterocycles. The molecule has 0 aliphatic rings. The van der Waals surface area contributed by atoms with Crippen LogP contribution in [-0.2, 0) is 0 Å². The zero-order chi connectivity index (χ0) is 15.7.